The van der Waals surface area contributed by atoms with Crippen LogP contribution < -0.4 is 5.73 Å². The third kappa shape index (κ3) is 3.08. The molecule has 2 aromatic rings. The van der Waals surface area contributed by atoms with Crippen molar-refractivity contribution >= 4 is 22.4 Å². The van der Waals surface area contributed by atoms with E-state index in [1.54, 1.807) is 0 Å². The minimum Gasteiger partial charge on any atom is -0.481 e. The quantitative estimate of drug-likeness (QED) is 0.895. The third-order valence-corrected chi connectivity index (χ3v) is 3.77. The Balaban J connectivity index is 2.33. The van der Waals surface area contributed by atoms with Crippen molar-refractivity contribution < 1.29 is 9.90 Å². The van der Waals surface area contributed by atoms with Gasteiger partial charge in [0.1, 0.15) is 5.01 Å². The SMILES string of the molecule is Cc1cc(-c2nnc(N)s2)cc(C)c1CCC(=O)O. The van der Waals surface area contributed by atoms with E-state index in [1.165, 1.54) is 11.3 Å². The molecule has 0 bridgehead atoms. The van der Waals surface area contributed by atoms with Gasteiger partial charge < -0.3 is 10.8 Å². The highest BCUT2D eigenvalue weighted by Gasteiger charge is 2.11. The summed E-state index contributed by atoms with van der Waals surface area (Å²) >= 11 is 1.34. The molecule has 6 heteroatoms. The van der Waals surface area contributed by atoms with E-state index in [-0.39, 0.29) is 6.42 Å². The zero-order valence-electron chi connectivity index (χ0n) is 10.8. The van der Waals surface area contributed by atoms with Gasteiger partial charge in [-0.1, -0.05) is 11.3 Å². The van der Waals surface area contributed by atoms with Crippen molar-refractivity contribution in [3.63, 3.8) is 0 Å². The number of benzene rings is 1. The summed E-state index contributed by atoms with van der Waals surface area (Å²) in [5.74, 6) is -0.778. The van der Waals surface area contributed by atoms with Gasteiger partial charge in [-0.15, -0.1) is 10.2 Å². The van der Waals surface area contributed by atoms with E-state index in [0.29, 0.717) is 11.6 Å². The second-order valence-corrected chi connectivity index (χ2v) is 5.44. The molecule has 1 aromatic carbocycles. The zero-order chi connectivity index (χ0) is 14.0. The van der Waals surface area contributed by atoms with Crippen molar-refractivity contribution in [2.24, 2.45) is 0 Å². The molecule has 0 aliphatic heterocycles. The molecule has 19 heavy (non-hydrogen) atoms. The van der Waals surface area contributed by atoms with Crippen molar-refractivity contribution in [2.75, 3.05) is 5.73 Å². The first-order chi connectivity index (χ1) is 8.97. The fourth-order valence-electron chi connectivity index (χ4n) is 2.09. The van der Waals surface area contributed by atoms with E-state index in [9.17, 15) is 4.79 Å². The van der Waals surface area contributed by atoms with Crippen molar-refractivity contribution in [3.05, 3.63) is 28.8 Å². The lowest BCUT2D eigenvalue weighted by Crippen LogP contribution is -2.01. The molecule has 0 aliphatic rings. The average molecular weight is 277 g/mol. The number of hydrogen-bond donors (Lipinski definition) is 2. The molecule has 0 atom stereocenters. The summed E-state index contributed by atoms with van der Waals surface area (Å²) in [5.41, 5.74) is 9.79. The number of carboxylic acid groups (broad SMARTS) is 1. The number of carboxylic acids is 1. The predicted octanol–water partition coefficient (Wildman–Crippen LogP) is 2.42. The molecule has 0 aliphatic carbocycles. The molecule has 0 spiro atoms. The Morgan fingerprint density at radius 1 is 1.32 bits per heavy atom. The first-order valence-electron chi connectivity index (χ1n) is 5.88. The minimum atomic E-state index is -0.778. The monoisotopic (exact) mass is 277 g/mol. The fourth-order valence-corrected chi connectivity index (χ4v) is 2.69. The molecular weight excluding hydrogens is 262 g/mol. The Labute approximate surface area is 115 Å². The smallest absolute Gasteiger partial charge is 0.303 e. The highest BCUT2D eigenvalue weighted by molar-refractivity contribution is 7.18. The van der Waals surface area contributed by atoms with Gasteiger partial charge in [0.25, 0.3) is 0 Å². The summed E-state index contributed by atoms with van der Waals surface area (Å²) < 4.78 is 0. The molecule has 0 amide bonds. The Hall–Kier alpha value is -1.95. The Kier molecular flexibility index (Phi) is 3.80. The van der Waals surface area contributed by atoms with E-state index in [0.717, 1.165) is 27.3 Å². The van der Waals surface area contributed by atoms with Gasteiger partial charge in [0.2, 0.25) is 5.13 Å². The standard InChI is InChI=1S/C13H15N3O2S/c1-7-5-9(12-15-16-13(14)19-12)6-8(2)10(7)3-4-11(17)18/h5-6H,3-4H2,1-2H3,(H2,14,16)(H,17,18). The zero-order valence-corrected chi connectivity index (χ0v) is 11.6. The van der Waals surface area contributed by atoms with E-state index in [2.05, 4.69) is 10.2 Å². The first kappa shape index (κ1) is 13.5. The normalized spacial score (nSPS) is 10.6. The molecule has 0 unspecified atom stereocenters. The lowest BCUT2D eigenvalue weighted by molar-refractivity contribution is -0.136. The maximum absolute atomic E-state index is 10.7. The highest BCUT2D eigenvalue weighted by Crippen LogP contribution is 2.28. The van der Waals surface area contributed by atoms with Crippen LogP contribution >= 0.6 is 11.3 Å². The molecule has 5 nitrogen and oxygen atoms in total. The van der Waals surface area contributed by atoms with Crippen LogP contribution in [0.5, 0.6) is 0 Å². The van der Waals surface area contributed by atoms with Crippen molar-refractivity contribution in [2.45, 2.75) is 26.7 Å². The number of aliphatic carboxylic acids is 1. The number of rotatable bonds is 4. The first-order valence-corrected chi connectivity index (χ1v) is 6.70. The van der Waals surface area contributed by atoms with Crippen LogP contribution in [-0.4, -0.2) is 21.3 Å². The summed E-state index contributed by atoms with van der Waals surface area (Å²) in [6.45, 7) is 3.97. The maximum Gasteiger partial charge on any atom is 0.303 e. The maximum atomic E-state index is 10.7. The Morgan fingerprint density at radius 3 is 2.42 bits per heavy atom. The topological polar surface area (TPSA) is 89.1 Å². The number of anilines is 1. The van der Waals surface area contributed by atoms with Crippen LogP contribution in [0.15, 0.2) is 12.1 Å². The number of aryl methyl sites for hydroxylation is 2. The number of hydrogen-bond acceptors (Lipinski definition) is 5. The second kappa shape index (κ2) is 5.36. The Morgan fingerprint density at radius 2 is 1.95 bits per heavy atom. The van der Waals surface area contributed by atoms with Crippen LogP contribution in [0.4, 0.5) is 5.13 Å². The minimum absolute atomic E-state index is 0.146. The van der Waals surface area contributed by atoms with Crippen molar-refractivity contribution in [1.82, 2.24) is 10.2 Å². The van der Waals surface area contributed by atoms with Crippen LogP contribution in [0, 0.1) is 13.8 Å². The van der Waals surface area contributed by atoms with Crippen LogP contribution in [0.2, 0.25) is 0 Å². The van der Waals surface area contributed by atoms with E-state index < -0.39 is 5.97 Å². The number of nitrogens with two attached hydrogens (primary N) is 1. The summed E-state index contributed by atoms with van der Waals surface area (Å²) in [4.78, 5) is 10.7. The van der Waals surface area contributed by atoms with Gasteiger partial charge in [-0.3, -0.25) is 4.79 Å². The van der Waals surface area contributed by atoms with Gasteiger partial charge in [0, 0.05) is 12.0 Å². The number of aromatic nitrogens is 2. The molecule has 100 valence electrons. The number of nitrogens with zero attached hydrogens (tertiary/aromatic N) is 2. The summed E-state index contributed by atoms with van der Waals surface area (Å²) in [5, 5.41) is 17.8. The lowest BCUT2D eigenvalue weighted by Gasteiger charge is -2.10. The van der Waals surface area contributed by atoms with Gasteiger partial charge in [0.05, 0.1) is 0 Å². The van der Waals surface area contributed by atoms with Crippen LogP contribution in [0.25, 0.3) is 10.6 Å². The average Bonchev–Trinajstić information content (AvgIpc) is 2.74. The third-order valence-electron chi connectivity index (χ3n) is 2.97. The molecule has 3 N–H and O–H groups in total. The van der Waals surface area contributed by atoms with Gasteiger partial charge in [-0.25, -0.2) is 0 Å². The number of carbonyl (C=O) groups is 1. The van der Waals surface area contributed by atoms with E-state index >= 15 is 0 Å². The predicted molar refractivity (Wildman–Crippen MR) is 75.2 cm³/mol. The van der Waals surface area contributed by atoms with Crippen molar-refractivity contribution in [3.8, 4) is 10.6 Å². The molecule has 0 saturated heterocycles. The van der Waals surface area contributed by atoms with E-state index in [4.69, 9.17) is 10.8 Å². The molecule has 0 fully saturated rings. The van der Waals surface area contributed by atoms with Gasteiger partial charge in [0.15, 0.2) is 0 Å². The van der Waals surface area contributed by atoms with Gasteiger partial charge in [-0.05, 0) is 49.1 Å². The number of nitrogen functional groups attached to an aromatic ring is 1. The van der Waals surface area contributed by atoms with Crippen LogP contribution in [-0.2, 0) is 11.2 Å². The lowest BCUT2D eigenvalue weighted by atomic mass is 9.96. The largest absolute Gasteiger partial charge is 0.481 e. The second-order valence-electron chi connectivity index (χ2n) is 4.43. The molecule has 0 saturated carbocycles. The molecular formula is C13H15N3O2S. The fraction of sp³-hybridized carbons (Fsp3) is 0.308. The van der Waals surface area contributed by atoms with Gasteiger partial charge >= 0.3 is 5.97 Å². The Bertz CT molecular complexity index is 599. The van der Waals surface area contributed by atoms with E-state index in [1.807, 2.05) is 26.0 Å². The summed E-state index contributed by atoms with van der Waals surface area (Å²) in [6, 6.07) is 4.01. The molecule has 0 radical (unpaired) electrons. The molecule has 2 rings (SSSR count). The van der Waals surface area contributed by atoms with Crippen LogP contribution in [0.1, 0.15) is 23.1 Å². The van der Waals surface area contributed by atoms with Crippen molar-refractivity contribution in [1.29, 1.82) is 0 Å². The van der Waals surface area contributed by atoms with Crippen LogP contribution in [0.3, 0.4) is 0 Å². The summed E-state index contributed by atoms with van der Waals surface area (Å²) in [6.07, 6.45) is 0.693. The summed E-state index contributed by atoms with van der Waals surface area (Å²) in [7, 11) is 0. The molecule has 1 aromatic heterocycles. The highest BCUT2D eigenvalue weighted by atomic mass is 32.1. The molecule has 1 heterocycles. The van der Waals surface area contributed by atoms with Gasteiger partial charge in [-0.2, -0.15) is 0 Å².